The van der Waals surface area contributed by atoms with Gasteiger partial charge in [0.15, 0.2) is 17.4 Å². The van der Waals surface area contributed by atoms with Gasteiger partial charge in [-0.3, -0.25) is 9.36 Å². The lowest BCUT2D eigenvalue weighted by Crippen LogP contribution is -2.89. The zero-order chi connectivity index (χ0) is 17.6. The number of anilines is 1. The SMILES string of the molecule is O=c1[nH]cnc2c1nc(N1CC[NH2+]CC1)n2[C@H]1O[C@@H](CO)[C@@H](O)[C@H]1O. The molecule has 11 heteroatoms. The second-order valence-electron chi connectivity index (χ2n) is 6.27. The van der Waals surface area contributed by atoms with Crippen molar-refractivity contribution in [3.05, 3.63) is 16.7 Å². The Morgan fingerprint density at radius 1 is 1.32 bits per heavy atom. The topological polar surface area (TPSA) is 153 Å². The lowest BCUT2D eigenvalue weighted by atomic mass is 10.1. The first-order valence-electron chi connectivity index (χ1n) is 8.26. The van der Waals surface area contributed by atoms with E-state index in [0.29, 0.717) is 5.95 Å². The van der Waals surface area contributed by atoms with Crippen molar-refractivity contribution in [2.24, 2.45) is 0 Å². The summed E-state index contributed by atoms with van der Waals surface area (Å²) in [4.78, 5) is 25.2. The molecule has 11 nitrogen and oxygen atoms in total. The lowest BCUT2D eigenvalue weighted by molar-refractivity contribution is -0.655. The summed E-state index contributed by atoms with van der Waals surface area (Å²) in [6.45, 7) is 2.77. The van der Waals surface area contributed by atoms with Crippen molar-refractivity contribution >= 4 is 17.1 Å². The number of aliphatic hydroxyl groups is 3. The van der Waals surface area contributed by atoms with Gasteiger partial charge in [-0.1, -0.05) is 0 Å². The average Bonchev–Trinajstić information content (AvgIpc) is 3.15. The molecule has 4 rings (SSSR count). The van der Waals surface area contributed by atoms with E-state index >= 15 is 0 Å². The maximum absolute atomic E-state index is 12.1. The molecule has 0 radical (unpaired) electrons. The van der Waals surface area contributed by atoms with Gasteiger partial charge in [-0.05, 0) is 0 Å². The molecule has 0 amide bonds. The van der Waals surface area contributed by atoms with Crippen LogP contribution in [-0.2, 0) is 4.74 Å². The van der Waals surface area contributed by atoms with Gasteiger partial charge in [-0.15, -0.1) is 0 Å². The van der Waals surface area contributed by atoms with Gasteiger partial charge in [0, 0.05) is 0 Å². The van der Waals surface area contributed by atoms with E-state index in [1.807, 2.05) is 4.90 Å². The third-order valence-electron chi connectivity index (χ3n) is 4.73. The fourth-order valence-electron chi connectivity index (χ4n) is 3.41. The van der Waals surface area contributed by atoms with Gasteiger partial charge < -0.3 is 35.3 Å². The second-order valence-corrected chi connectivity index (χ2v) is 6.27. The first kappa shape index (κ1) is 16.4. The molecular formula is C14H21N6O5+. The van der Waals surface area contributed by atoms with Crippen molar-refractivity contribution < 1.29 is 25.4 Å². The highest BCUT2D eigenvalue weighted by atomic mass is 16.6. The van der Waals surface area contributed by atoms with Crippen LogP contribution in [0.5, 0.6) is 0 Å². The van der Waals surface area contributed by atoms with Gasteiger partial charge in [0.25, 0.3) is 5.56 Å². The van der Waals surface area contributed by atoms with Crippen LogP contribution in [0.2, 0.25) is 0 Å². The summed E-state index contributed by atoms with van der Waals surface area (Å²) in [6.07, 6.45) is -3.16. The predicted octanol–water partition coefficient (Wildman–Crippen LogP) is -3.89. The molecule has 0 aromatic carbocycles. The molecule has 4 atom stereocenters. The first-order valence-corrected chi connectivity index (χ1v) is 8.26. The molecule has 2 aromatic rings. The number of imidazole rings is 1. The lowest BCUT2D eigenvalue weighted by Gasteiger charge is -2.29. The Balaban J connectivity index is 1.86. The summed E-state index contributed by atoms with van der Waals surface area (Å²) in [5.74, 6) is 0.460. The van der Waals surface area contributed by atoms with Crippen LogP contribution in [0.25, 0.3) is 11.2 Å². The number of nitrogens with one attached hydrogen (secondary N) is 1. The Hall–Kier alpha value is -2.05. The standard InChI is InChI=1S/C14H20N6O5/c21-5-7-9(22)10(23)13(25-7)20-11-8(12(24)17-6-16-11)18-14(20)19-3-1-15-2-4-19/h6-7,9-10,13,15,21-23H,1-5H2,(H,16,17,24)/p+1/t7-,9+,10+,13-/m0/s1. The van der Waals surface area contributed by atoms with Crippen LogP contribution < -0.4 is 15.8 Å². The molecule has 136 valence electrons. The van der Waals surface area contributed by atoms with Gasteiger partial charge in [0.05, 0.1) is 39.1 Å². The predicted molar refractivity (Wildman–Crippen MR) is 85.0 cm³/mol. The molecule has 2 aliphatic heterocycles. The van der Waals surface area contributed by atoms with E-state index in [4.69, 9.17) is 4.74 Å². The third-order valence-corrected chi connectivity index (χ3v) is 4.73. The van der Waals surface area contributed by atoms with Crippen LogP contribution in [0, 0.1) is 0 Å². The van der Waals surface area contributed by atoms with E-state index in [1.54, 1.807) is 4.57 Å². The van der Waals surface area contributed by atoms with E-state index in [9.17, 15) is 20.1 Å². The van der Waals surface area contributed by atoms with Crippen LogP contribution >= 0.6 is 0 Å². The second kappa shape index (κ2) is 6.35. The minimum absolute atomic E-state index is 0.143. The summed E-state index contributed by atoms with van der Waals surface area (Å²) < 4.78 is 7.19. The fourth-order valence-corrected chi connectivity index (χ4v) is 3.41. The van der Waals surface area contributed by atoms with Crippen LogP contribution in [0.3, 0.4) is 0 Å². The smallest absolute Gasteiger partial charge is 0.278 e. The van der Waals surface area contributed by atoms with Crippen LogP contribution in [0.1, 0.15) is 6.23 Å². The molecule has 25 heavy (non-hydrogen) atoms. The number of nitrogens with two attached hydrogens (primary N) is 1. The number of quaternary nitrogens is 1. The summed E-state index contributed by atoms with van der Waals surface area (Å²) in [7, 11) is 0. The van der Waals surface area contributed by atoms with Crippen molar-refractivity contribution in [2.45, 2.75) is 24.5 Å². The molecule has 0 aliphatic carbocycles. The summed E-state index contributed by atoms with van der Waals surface area (Å²) in [5, 5.41) is 32.0. The van der Waals surface area contributed by atoms with Gasteiger partial charge in [0.2, 0.25) is 5.95 Å². The highest BCUT2D eigenvalue weighted by molar-refractivity contribution is 5.73. The Labute approximate surface area is 141 Å². The Morgan fingerprint density at radius 3 is 2.76 bits per heavy atom. The van der Waals surface area contributed by atoms with Crippen LogP contribution in [-0.4, -0.2) is 85.9 Å². The number of aliphatic hydroxyl groups excluding tert-OH is 3. The Morgan fingerprint density at radius 2 is 2.08 bits per heavy atom. The number of hydrogen-bond acceptors (Lipinski definition) is 8. The van der Waals surface area contributed by atoms with E-state index in [1.165, 1.54) is 6.33 Å². The molecule has 0 saturated carbocycles. The molecule has 2 aliphatic rings. The normalized spacial score (nSPS) is 30.3. The monoisotopic (exact) mass is 353 g/mol. The van der Waals surface area contributed by atoms with Crippen LogP contribution in [0.4, 0.5) is 5.95 Å². The number of H-pyrrole nitrogens is 1. The number of nitrogens with zero attached hydrogens (tertiary/aromatic N) is 4. The molecule has 0 spiro atoms. The Bertz CT molecular complexity index is 816. The molecular weight excluding hydrogens is 332 g/mol. The van der Waals surface area contributed by atoms with Crippen LogP contribution in [0.15, 0.2) is 11.1 Å². The quantitative estimate of drug-likeness (QED) is 0.375. The molecule has 0 unspecified atom stereocenters. The van der Waals surface area contributed by atoms with E-state index in [-0.39, 0.29) is 16.7 Å². The zero-order valence-corrected chi connectivity index (χ0v) is 13.4. The number of piperazine rings is 1. The van der Waals surface area contributed by atoms with Gasteiger partial charge in [-0.2, -0.15) is 0 Å². The highest BCUT2D eigenvalue weighted by Crippen LogP contribution is 2.34. The number of ether oxygens (including phenoxy) is 1. The van der Waals surface area contributed by atoms with E-state index in [0.717, 1.165) is 26.2 Å². The molecule has 6 N–H and O–H groups in total. The van der Waals surface area contributed by atoms with Crippen molar-refractivity contribution in [2.75, 3.05) is 37.7 Å². The summed E-state index contributed by atoms with van der Waals surface area (Å²) >= 11 is 0. The van der Waals surface area contributed by atoms with Crippen molar-refractivity contribution in [3.63, 3.8) is 0 Å². The molecule has 2 aromatic heterocycles. The van der Waals surface area contributed by atoms with Gasteiger partial charge in [0.1, 0.15) is 18.3 Å². The fraction of sp³-hybridized carbons (Fsp3) is 0.643. The van der Waals surface area contributed by atoms with E-state index in [2.05, 4.69) is 20.3 Å². The van der Waals surface area contributed by atoms with Gasteiger partial charge in [-0.25, -0.2) is 9.97 Å². The minimum Gasteiger partial charge on any atom is -0.394 e. The summed E-state index contributed by atoms with van der Waals surface area (Å²) in [6, 6.07) is 0. The van der Waals surface area contributed by atoms with Crippen molar-refractivity contribution in [1.82, 2.24) is 19.5 Å². The number of rotatable bonds is 3. The maximum Gasteiger partial charge on any atom is 0.278 e. The van der Waals surface area contributed by atoms with Crippen molar-refractivity contribution in [3.8, 4) is 0 Å². The number of hydrogen-bond donors (Lipinski definition) is 5. The summed E-state index contributed by atoms with van der Waals surface area (Å²) in [5.41, 5.74) is 0.0215. The zero-order valence-electron chi connectivity index (χ0n) is 13.4. The van der Waals surface area contributed by atoms with E-state index < -0.39 is 31.1 Å². The molecule has 0 bridgehead atoms. The minimum atomic E-state index is -1.27. The first-order chi connectivity index (χ1) is 12.1. The molecule has 2 fully saturated rings. The Kier molecular flexibility index (Phi) is 4.17. The number of fused-ring (bicyclic) bond motifs is 1. The average molecular weight is 353 g/mol. The number of aromatic nitrogens is 4. The highest BCUT2D eigenvalue weighted by Gasteiger charge is 2.45. The molecule has 4 heterocycles. The largest absolute Gasteiger partial charge is 0.394 e. The maximum atomic E-state index is 12.1. The number of aromatic amines is 1. The third kappa shape index (κ3) is 2.60. The molecule has 2 saturated heterocycles. The van der Waals surface area contributed by atoms with Crippen molar-refractivity contribution in [1.29, 1.82) is 0 Å². The van der Waals surface area contributed by atoms with Gasteiger partial charge >= 0.3 is 0 Å².